The van der Waals surface area contributed by atoms with Crippen LogP contribution in [-0.4, -0.2) is 64.9 Å². The van der Waals surface area contributed by atoms with Gasteiger partial charge in [-0.05, 0) is 12.8 Å². The number of hydrogen-bond acceptors (Lipinski definition) is 4. The molecule has 0 spiro atoms. The van der Waals surface area contributed by atoms with E-state index in [2.05, 4.69) is 10.3 Å². The van der Waals surface area contributed by atoms with Crippen molar-refractivity contribution in [3.8, 4) is 0 Å². The van der Waals surface area contributed by atoms with E-state index < -0.39 is 5.97 Å². The second-order valence-electron chi connectivity index (χ2n) is 4.55. The van der Waals surface area contributed by atoms with Crippen LogP contribution in [0.15, 0.2) is 18.7 Å². The summed E-state index contributed by atoms with van der Waals surface area (Å²) in [6.45, 7) is 1.59. The number of carbonyl (C=O) groups is 2. The number of carbonyl (C=O) groups excluding carboxylic acids is 1. The van der Waals surface area contributed by atoms with Gasteiger partial charge in [0.15, 0.2) is 0 Å². The van der Waals surface area contributed by atoms with Gasteiger partial charge in [0.1, 0.15) is 6.54 Å². The summed E-state index contributed by atoms with van der Waals surface area (Å²) in [5.74, 6) is -1.04. The molecule has 0 unspecified atom stereocenters. The number of aliphatic carboxylic acids is 1. The zero-order valence-corrected chi connectivity index (χ0v) is 12.2. The largest absolute Gasteiger partial charge is 0.480 e. The lowest BCUT2D eigenvalue weighted by Gasteiger charge is -2.20. The Morgan fingerprint density at radius 3 is 2.86 bits per heavy atom. The number of nitrogens with one attached hydrogen (secondary N) is 1. The molecule has 0 aromatic carbocycles. The number of ether oxygens (including phenoxy) is 1. The molecule has 0 saturated heterocycles. The molecule has 8 heteroatoms. The molecule has 1 aromatic rings. The van der Waals surface area contributed by atoms with Crippen LogP contribution in [0, 0.1) is 0 Å². The molecular weight excluding hydrogens is 276 g/mol. The van der Waals surface area contributed by atoms with E-state index >= 15 is 0 Å². The minimum Gasteiger partial charge on any atom is -0.480 e. The maximum atomic E-state index is 11.9. The van der Waals surface area contributed by atoms with Crippen molar-refractivity contribution in [3.63, 3.8) is 0 Å². The first kappa shape index (κ1) is 17.0. The van der Waals surface area contributed by atoms with E-state index in [1.54, 1.807) is 12.5 Å². The third kappa shape index (κ3) is 7.31. The molecule has 0 atom stereocenters. The third-order valence-electron chi connectivity index (χ3n) is 2.86. The van der Waals surface area contributed by atoms with Crippen molar-refractivity contribution in [1.82, 2.24) is 19.8 Å². The lowest BCUT2D eigenvalue weighted by Crippen LogP contribution is -2.44. The molecule has 1 aromatic heterocycles. The van der Waals surface area contributed by atoms with Gasteiger partial charge in [-0.3, -0.25) is 4.79 Å². The van der Waals surface area contributed by atoms with Crippen LogP contribution in [0.5, 0.6) is 0 Å². The molecule has 1 rings (SSSR count). The maximum Gasteiger partial charge on any atom is 0.323 e. The Hall–Kier alpha value is -2.09. The lowest BCUT2D eigenvalue weighted by atomic mass is 10.3. The van der Waals surface area contributed by atoms with Crippen LogP contribution in [0.2, 0.25) is 0 Å². The maximum absolute atomic E-state index is 11.9. The number of unbranched alkanes of at least 4 members (excludes halogenated alkanes) is 1. The first-order chi connectivity index (χ1) is 10.1. The SMILES string of the molecule is COCCN(CC(=O)O)C(=O)NCCCCn1ccnc1. The molecule has 0 aliphatic rings. The first-order valence-corrected chi connectivity index (χ1v) is 6.82. The van der Waals surface area contributed by atoms with E-state index in [0.717, 1.165) is 19.4 Å². The molecule has 0 bridgehead atoms. The van der Waals surface area contributed by atoms with Crippen LogP contribution in [0.3, 0.4) is 0 Å². The van der Waals surface area contributed by atoms with Crippen molar-refractivity contribution in [3.05, 3.63) is 18.7 Å². The second-order valence-corrected chi connectivity index (χ2v) is 4.55. The zero-order chi connectivity index (χ0) is 15.5. The van der Waals surface area contributed by atoms with E-state index in [1.807, 2.05) is 10.8 Å². The molecule has 0 radical (unpaired) electrons. The summed E-state index contributed by atoms with van der Waals surface area (Å²) in [5, 5.41) is 11.5. The van der Waals surface area contributed by atoms with Gasteiger partial charge in [-0.25, -0.2) is 9.78 Å². The van der Waals surface area contributed by atoms with Crippen LogP contribution in [0.25, 0.3) is 0 Å². The van der Waals surface area contributed by atoms with Crippen molar-refractivity contribution in [1.29, 1.82) is 0 Å². The highest BCUT2D eigenvalue weighted by Gasteiger charge is 2.15. The third-order valence-corrected chi connectivity index (χ3v) is 2.86. The zero-order valence-electron chi connectivity index (χ0n) is 12.2. The number of aryl methyl sites for hydroxylation is 1. The number of hydrogen-bond donors (Lipinski definition) is 2. The Morgan fingerprint density at radius 2 is 2.24 bits per heavy atom. The molecule has 8 nitrogen and oxygen atoms in total. The Balaban J connectivity index is 2.20. The summed E-state index contributed by atoms with van der Waals surface area (Å²) in [5.41, 5.74) is 0. The Kier molecular flexibility index (Phi) is 7.88. The summed E-state index contributed by atoms with van der Waals surface area (Å²) in [6, 6.07) is -0.378. The van der Waals surface area contributed by atoms with Crippen molar-refractivity contribution in [2.45, 2.75) is 19.4 Å². The van der Waals surface area contributed by atoms with E-state index in [9.17, 15) is 9.59 Å². The number of urea groups is 1. The van der Waals surface area contributed by atoms with Gasteiger partial charge in [-0.1, -0.05) is 0 Å². The minimum absolute atomic E-state index is 0.254. The highest BCUT2D eigenvalue weighted by Crippen LogP contribution is 1.95. The Bertz CT molecular complexity index is 422. The molecule has 21 heavy (non-hydrogen) atoms. The number of nitrogens with zero attached hydrogens (tertiary/aromatic N) is 3. The second kappa shape index (κ2) is 9.76. The molecule has 1 heterocycles. The van der Waals surface area contributed by atoms with Gasteiger partial charge in [0, 0.05) is 39.1 Å². The number of carboxylic acids is 1. The van der Waals surface area contributed by atoms with Gasteiger partial charge >= 0.3 is 12.0 Å². The van der Waals surface area contributed by atoms with Crippen molar-refractivity contribution in [2.24, 2.45) is 0 Å². The van der Waals surface area contributed by atoms with Gasteiger partial charge < -0.3 is 24.6 Å². The number of aromatic nitrogens is 2. The van der Waals surface area contributed by atoms with Gasteiger partial charge in [-0.15, -0.1) is 0 Å². The predicted octanol–water partition coefficient (Wildman–Crippen LogP) is 0.406. The first-order valence-electron chi connectivity index (χ1n) is 6.82. The fraction of sp³-hybridized carbons (Fsp3) is 0.615. The van der Waals surface area contributed by atoms with E-state index in [-0.39, 0.29) is 19.1 Å². The van der Waals surface area contributed by atoms with Crippen molar-refractivity contribution >= 4 is 12.0 Å². The number of rotatable bonds is 10. The number of imidazole rings is 1. The standard InChI is InChI=1S/C13H22N4O4/c1-21-9-8-17(10-12(18)19)13(20)15-4-2-3-6-16-7-5-14-11-16/h5,7,11H,2-4,6,8-10H2,1H3,(H,15,20)(H,18,19). The van der Waals surface area contributed by atoms with Gasteiger partial charge in [0.2, 0.25) is 0 Å². The minimum atomic E-state index is -1.04. The topological polar surface area (TPSA) is 96.7 Å². The molecular formula is C13H22N4O4. The summed E-state index contributed by atoms with van der Waals surface area (Å²) in [6.07, 6.45) is 7.08. The van der Waals surface area contributed by atoms with Crippen LogP contribution >= 0.6 is 0 Å². The molecule has 0 aliphatic heterocycles. The molecule has 0 saturated carbocycles. The number of amides is 2. The van der Waals surface area contributed by atoms with E-state index in [0.29, 0.717) is 13.2 Å². The number of methoxy groups -OCH3 is 1. The monoisotopic (exact) mass is 298 g/mol. The molecule has 2 amide bonds. The van der Waals surface area contributed by atoms with Gasteiger partial charge in [0.25, 0.3) is 0 Å². The van der Waals surface area contributed by atoms with E-state index in [1.165, 1.54) is 12.0 Å². The normalized spacial score (nSPS) is 10.3. The molecule has 118 valence electrons. The summed E-state index contributed by atoms with van der Waals surface area (Å²) >= 11 is 0. The van der Waals surface area contributed by atoms with Gasteiger partial charge in [-0.2, -0.15) is 0 Å². The summed E-state index contributed by atoms with van der Waals surface area (Å²) in [7, 11) is 1.51. The van der Waals surface area contributed by atoms with Crippen LogP contribution < -0.4 is 5.32 Å². The number of carboxylic acid groups (broad SMARTS) is 1. The molecule has 2 N–H and O–H groups in total. The molecule has 0 aliphatic carbocycles. The Labute approximate surface area is 123 Å². The Morgan fingerprint density at radius 1 is 1.43 bits per heavy atom. The van der Waals surface area contributed by atoms with Crippen LogP contribution in [0.1, 0.15) is 12.8 Å². The van der Waals surface area contributed by atoms with Gasteiger partial charge in [0.05, 0.1) is 12.9 Å². The summed E-state index contributed by atoms with van der Waals surface area (Å²) in [4.78, 5) is 27.7. The molecule has 0 fully saturated rings. The summed E-state index contributed by atoms with van der Waals surface area (Å²) < 4.78 is 6.83. The average Bonchev–Trinajstić information content (AvgIpc) is 2.95. The highest BCUT2D eigenvalue weighted by molar-refractivity contribution is 5.80. The smallest absolute Gasteiger partial charge is 0.323 e. The highest BCUT2D eigenvalue weighted by atomic mass is 16.5. The van der Waals surface area contributed by atoms with E-state index in [4.69, 9.17) is 9.84 Å². The quantitative estimate of drug-likeness (QED) is 0.610. The van der Waals surface area contributed by atoms with Crippen LogP contribution in [-0.2, 0) is 16.1 Å². The lowest BCUT2D eigenvalue weighted by molar-refractivity contribution is -0.137. The van der Waals surface area contributed by atoms with Crippen LogP contribution in [0.4, 0.5) is 4.79 Å². The fourth-order valence-corrected chi connectivity index (χ4v) is 1.76. The predicted molar refractivity (Wildman–Crippen MR) is 75.9 cm³/mol. The fourth-order valence-electron chi connectivity index (χ4n) is 1.76. The van der Waals surface area contributed by atoms with Crippen molar-refractivity contribution in [2.75, 3.05) is 33.4 Å². The average molecular weight is 298 g/mol. The van der Waals surface area contributed by atoms with Crippen molar-refractivity contribution < 1.29 is 19.4 Å².